The minimum atomic E-state index is -3.59. The molecule has 0 aromatic heterocycles. The largest absolute Gasteiger partial charge is 0.492 e. The van der Waals surface area contributed by atoms with Gasteiger partial charge in [0.05, 0.1) is 18.0 Å². The van der Waals surface area contributed by atoms with E-state index >= 15 is 0 Å². The number of aliphatic carboxylic acids is 1. The van der Waals surface area contributed by atoms with E-state index in [-0.39, 0.29) is 18.3 Å². The molecule has 0 bridgehead atoms. The standard InChI is InChI=1S/C35H40N2O8S/c1-23-18-30(19-24(2)34(23)27-10-13-29(14-11-27)44-22-33(38)39)43-17-16-36-25(3)35(40)28-12-15-32(31(20-28)37-46(4,41)42)45-21-26-8-6-5-7-9-26/h5-15,18-20,25,35-37,40H,16-17,21-22H2,1-4H3,(H,38,39)/t25-,35-/m0/s1. The number of sulfonamides is 1. The van der Waals surface area contributed by atoms with Crippen molar-refractivity contribution in [2.45, 2.75) is 39.5 Å². The van der Waals surface area contributed by atoms with Crippen LogP contribution in [-0.4, -0.2) is 56.7 Å². The van der Waals surface area contributed by atoms with Gasteiger partial charge in [0.1, 0.15) is 30.5 Å². The van der Waals surface area contributed by atoms with Crippen LogP contribution in [0.3, 0.4) is 0 Å². The number of benzene rings is 4. The van der Waals surface area contributed by atoms with Gasteiger partial charge in [-0.2, -0.15) is 0 Å². The van der Waals surface area contributed by atoms with Gasteiger partial charge in [-0.1, -0.05) is 48.5 Å². The van der Waals surface area contributed by atoms with Crippen molar-refractivity contribution in [3.8, 4) is 28.4 Å². The van der Waals surface area contributed by atoms with Gasteiger partial charge in [0.25, 0.3) is 0 Å². The second kappa shape index (κ2) is 15.6. The van der Waals surface area contributed by atoms with E-state index in [4.69, 9.17) is 19.3 Å². The Labute approximate surface area is 270 Å². The zero-order valence-corrected chi connectivity index (χ0v) is 27.1. The predicted molar refractivity (Wildman–Crippen MR) is 178 cm³/mol. The number of hydrogen-bond donors (Lipinski definition) is 4. The van der Waals surface area contributed by atoms with E-state index in [1.807, 2.05) is 75.4 Å². The maximum absolute atomic E-state index is 12.0. The summed E-state index contributed by atoms with van der Waals surface area (Å²) in [5.41, 5.74) is 5.83. The van der Waals surface area contributed by atoms with Crippen molar-refractivity contribution < 1.29 is 37.6 Å². The van der Waals surface area contributed by atoms with Crippen LogP contribution in [-0.2, 0) is 21.4 Å². The fourth-order valence-electron chi connectivity index (χ4n) is 5.05. The number of rotatable bonds is 16. The van der Waals surface area contributed by atoms with Crippen LogP contribution in [0.1, 0.15) is 35.3 Å². The molecule has 244 valence electrons. The van der Waals surface area contributed by atoms with Gasteiger partial charge in [-0.05, 0) is 90.6 Å². The monoisotopic (exact) mass is 648 g/mol. The summed E-state index contributed by atoms with van der Waals surface area (Å²) in [6, 6.07) is 25.4. The van der Waals surface area contributed by atoms with Gasteiger partial charge in [0.15, 0.2) is 6.61 Å². The third kappa shape index (κ3) is 9.96. The van der Waals surface area contributed by atoms with Crippen LogP contribution in [0.25, 0.3) is 11.1 Å². The fraction of sp³-hybridized carbons (Fsp3) is 0.286. The molecule has 0 radical (unpaired) electrons. The molecule has 0 spiro atoms. The Morgan fingerprint density at radius 3 is 2.17 bits per heavy atom. The number of carboxylic acids is 1. The molecule has 0 aliphatic rings. The average molecular weight is 649 g/mol. The molecule has 11 heteroatoms. The zero-order chi connectivity index (χ0) is 33.3. The average Bonchev–Trinajstić information content (AvgIpc) is 3.01. The van der Waals surface area contributed by atoms with Gasteiger partial charge in [-0.15, -0.1) is 0 Å². The highest BCUT2D eigenvalue weighted by molar-refractivity contribution is 7.92. The number of aryl methyl sites for hydroxylation is 2. The summed E-state index contributed by atoms with van der Waals surface area (Å²) in [5, 5.41) is 23.1. The van der Waals surface area contributed by atoms with E-state index in [0.717, 1.165) is 39.8 Å². The molecule has 4 rings (SSSR count). The van der Waals surface area contributed by atoms with Gasteiger partial charge in [-0.25, -0.2) is 13.2 Å². The fourth-order valence-corrected chi connectivity index (χ4v) is 5.61. The van der Waals surface area contributed by atoms with Crippen molar-refractivity contribution in [2.75, 3.05) is 30.7 Å². The Morgan fingerprint density at radius 1 is 0.870 bits per heavy atom. The predicted octanol–water partition coefficient (Wildman–Crippen LogP) is 5.47. The number of anilines is 1. The van der Waals surface area contributed by atoms with Crippen molar-refractivity contribution in [2.24, 2.45) is 0 Å². The van der Waals surface area contributed by atoms with Crippen LogP contribution in [0, 0.1) is 13.8 Å². The summed E-state index contributed by atoms with van der Waals surface area (Å²) in [6.07, 6.45) is 0.143. The number of aliphatic hydroxyl groups excluding tert-OH is 1. The third-order valence-corrected chi connectivity index (χ3v) is 7.79. The Balaban J connectivity index is 1.33. The number of carbonyl (C=O) groups is 1. The second-order valence-electron chi connectivity index (χ2n) is 11.1. The van der Waals surface area contributed by atoms with Crippen molar-refractivity contribution in [1.29, 1.82) is 0 Å². The smallest absolute Gasteiger partial charge is 0.341 e. The summed E-state index contributed by atoms with van der Waals surface area (Å²) < 4.78 is 43.7. The van der Waals surface area contributed by atoms with Crippen LogP contribution in [0.4, 0.5) is 5.69 Å². The first-order valence-corrected chi connectivity index (χ1v) is 16.7. The first-order chi connectivity index (χ1) is 21.9. The van der Waals surface area contributed by atoms with Gasteiger partial charge in [-0.3, -0.25) is 4.72 Å². The van der Waals surface area contributed by atoms with Crippen LogP contribution >= 0.6 is 0 Å². The molecule has 0 heterocycles. The van der Waals surface area contributed by atoms with Crippen molar-refractivity contribution in [3.05, 3.63) is 107 Å². The lowest BCUT2D eigenvalue weighted by molar-refractivity contribution is -0.139. The van der Waals surface area contributed by atoms with Crippen LogP contribution in [0.2, 0.25) is 0 Å². The van der Waals surface area contributed by atoms with Gasteiger partial charge in [0, 0.05) is 12.6 Å². The minimum Gasteiger partial charge on any atom is -0.492 e. The van der Waals surface area contributed by atoms with Crippen LogP contribution in [0.5, 0.6) is 17.2 Å². The lowest BCUT2D eigenvalue weighted by Crippen LogP contribution is -2.35. The van der Waals surface area contributed by atoms with Crippen molar-refractivity contribution in [3.63, 3.8) is 0 Å². The molecular weight excluding hydrogens is 608 g/mol. The summed E-state index contributed by atoms with van der Waals surface area (Å²) in [6.45, 7) is 6.55. The molecule has 0 unspecified atom stereocenters. The van der Waals surface area contributed by atoms with E-state index < -0.39 is 28.7 Å². The molecule has 2 atom stereocenters. The maximum Gasteiger partial charge on any atom is 0.341 e. The summed E-state index contributed by atoms with van der Waals surface area (Å²) in [4.78, 5) is 10.7. The Kier molecular flexibility index (Phi) is 11.6. The molecule has 4 N–H and O–H groups in total. The molecule has 46 heavy (non-hydrogen) atoms. The van der Waals surface area contributed by atoms with Gasteiger partial charge < -0.3 is 29.7 Å². The highest BCUT2D eigenvalue weighted by atomic mass is 32.2. The molecule has 0 aliphatic heterocycles. The molecule has 0 aliphatic carbocycles. The van der Waals surface area contributed by atoms with Gasteiger partial charge in [0.2, 0.25) is 10.0 Å². The van der Waals surface area contributed by atoms with Crippen molar-refractivity contribution in [1.82, 2.24) is 5.32 Å². The lowest BCUT2D eigenvalue weighted by Gasteiger charge is -2.22. The number of hydrogen-bond acceptors (Lipinski definition) is 8. The number of carboxylic acid groups (broad SMARTS) is 1. The highest BCUT2D eigenvalue weighted by Gasteiger charge is 2.19. The molecule has 0 saturated heterocycles. The van der Waals surface area contributed by atoms with E-state index in [1.165, 1.54) is 0 Å². The first-order valence-electron chi connectivity index (χ1n) is 14.8. The normalized spacial score (nSPS) is 12.6. The van der Waals surface area contributed by atoms with E-state index in [9.17, 15) is 18.3 Å². The maximum atomic E-state index is 12.0. The number of aliphatic hydroxyl groups is 1. The SMILES string of the molecule is Cc1cc(OCCN[C@@H](C)[C@H](O)c2ccc(OCc3ccccc3)c(NS(C)(=O)=O)c2)cc(C)c1-c1ccc(OCC(=O)O)cc1. The molecule has 0 saturated carbocycles. The minimum absolute atomic E-state index is 0.252. The summed E-state index contributed by atoms with van der Waals surface area (Å²) in [5.74, 6) is 0.542. The van der Waals surface area contributed by atoms with Crippen LogP contribution in [0.15, 0.2) is 84.9 Å². The third-order valence-electron chi connectivity index (χ3n) is 7.20. The highest BCUT2D eigenvalue weighted by Crippen LogP contribution is 2.33. The molecular formula is C35H40N2O8S. The molecule has 0 fully saturated rings. The molecule has 10 nitrogen and oxygen atoms in total. The van der Waals surface area contributed by atoms with Crippen LogP contribution < -0.4 is 24.2 Å². The summed E-state index contributed by atoms with van der Waals surface area (Å²) in [7, 11) is -3.59. The molecule has 4 aromatic rings. The quantitative estimate of drug-likeness (QED) is 0.116. The first kappa shape index (κ1) is 34.3. The number of nitrogens with one attached hydrogen (secondary N) is 2. The van der Waals surface area contributed by atoms with Gasteiger partial charge >= 0.3 is 5.97 Å². The van der Waals surface area contributed by atoms with E-state index in [0.29, 0.717) is 30.2 Å². The number of ether oxygens (including phenoxy) is 3. The topological polar surface area (TPSA) is 143 Å². The van der Waals surface area contributed by atoms with E-state index in [2.05, 4.69) is 10.0 Å². The Morgan fingerprint density at radius 2 is 1.54 bits per heavy atom. The Bertz CT molecular complexity index is 1700. The zero-order valence-electron chi connectivity index (χ0n) is 26.3. The lowest BCUT2D eigenvalue weighted by atomic mass is 9.95. The summed E-state index contributed by atoms with van der Waals surface area (Å²) >= 11 is 0. The Hall–Kier alpha value is -4.58. The molecule has 4 aromatic carbocycles. The van der Waals surface area contributed by atoms with E-state index in [1.54, 1.807) is 30.3 Å². The second-order valence-corrected chi connectivity index (χ2v) is 12.8. The molecule has 0 amide bonds. The van der Waals surface area contributed by atoms with Crippen molar-refractivity contribution >= 4 is 21.7 Å².